The molecular formula is C15H20N4O. The molecular weight excluding hydrogens is 252 g/mol. The fourth-order valence-corrected chi connectivity index (χ4v) is 1.93. The van der Waals surface area contributed by atoms with Crippen molar-refractivity contribution in [3.05, 3.63) is 47.8 Å². The van der Waals surface area contributed by atoms with E-state index < -0.39 is 0 Å². The van der Waals surface area contributed by atoms with Gasteiger partial charge in [0.1, 0.15) is 5.75 Å². The maximum absolute atomic E-state index is 5.46. The minimum Gasteiger partial charge on any atom is -0.496 e. The van der Waals surface area contributed by atoms with Gasteiger partial charge in [0.05, 0.1) is 12.8 Å². The summed E-state index contributed by atoms with van der Waals surface area (Å²) < 4.78 is 5.35. The van der Waals surface area contributed by atoms with Gasteiger partial charge in [-0.1, -0.05) is 18.2 Å². The van der Waals surface area contributed by atoms with E-state index in [1.54, 1.807) is 13.3 Å². The van der Waals surface area contributed by atoms with Gasteiger partial charge in [-0.25, -0.2) is 9.97 Å². The van der Waals surface area contributed by atoms with E-state index in [-0.39, 0.29) is 0 Å². The van der Waals surface area contributed by atoms with Crippen molar-refractivity contribution in [1.82, 2.24) is 9.97 Å². The van der Waals surface area contributed by atoms with Gasteiger partial charge in [-0.2, -0.15) is 0 Å². The van der Waals surface area contributed by atoms with Crippen molar-refractivity contribution in [3.63, 3.8) is 0 Å². The second-order valence-corrected chi connectivity index (χ2v) is 4.43. The molecule has 0 bridgehead atoms. The monoisotopic (exact) mass is 272 g/mol. The summed E-state index contributed by atoms with van der Waals surface area (Å²) in [5, 5.41) is 3.17. The van der Waals surface area contributed by atoms with Gasteiger partial charge in [-0.15, -0.1) is 0 Å². The molecule has 0 saturated heterocycles. The normalized spacial score (nSPS) is 10.3. The van der Waals surface area contributed by atoms with E-state index in [9.17, 15) is 0 Å². The quantitative estimate of drug-likeness (QED) is 0.752. The van der Waals surface area contributed by atoms with Crippen molar-refractivity contribution in [2.24, 2.45) is 5.73 Å². The van der Waals surface area contributed by atoms with Crippen LogP contribution in [-0.2, 0) is 6.42 Å². The summed E-state index contributed by atoms with van der Waals surface area (Å²) in [6.45, 7) is 1.45. The standard InChI is InChI=1S/C15H20N4O/c1-20-14-6-3-2-5-12(14)11-13-7-10-18-15(19-13)17-9-4-8-16/h2-3,5-7,10H,4,8-9,11,16H2,1H3,(H,17,18,19). The highest BCUT2D eigenvalue weighted by atomic mass is 16.5. The van der Waals surface area contributed by atoms with Gasteiger partial charge in [0.25, 0.3) is 0 Å². The molecule has 5 heteroatoms. The van der Waals surface area contributed by atoms with Crippen LogP contribution in [0.4, 0.5) is 5.95 Å². The molecule has 0 aliphatic heterocycles. The minimum atomic E-state index is 0.644. The van der Waals surface area contributed by atoms with Crippen LogP contribution in [0.15, 0.2) is 36.5 Å². The van der Waals surface area contributed by atoms with Crippen LogP contribution < -0.4 is 15.8 Å². The van der Waals surface area contributed by atoms with Crippen molar-refractivity contribution in [1.29, 1.82) is 0 Å². The zero-order valence-electron chi connectivity index (χ0n) is 11.7. The molecule has 1 aromatic carbocycles. The van der Waals surface area contributed by atoms with E-state index in [4.69, 9.17) is 10.5 Å². The third-order valence-corrected chi connectivity index (χ3v) is 2.94. The Morgan fingerprint density at radius 2 is 2.10 bits per heavy atom. The van der Waals surface area contributed by atoms with E-state index in [0.717, 1.165) is 36.4 Å². The van der Waals surface area contributed by atoms with Crippen LogP contribution in [0.3, 0.4) is 0 Å². The Bertz CT molecular complexity index is 545. The summed E-state index contributed by atoms with van der Waals surface area (Å²) in [4.78, 5) is 8.70. The van der Waals surface area contributed by atoms with Crippen LogP contribution in [0.5, 0.6) is 5.75 Å². The number of nitrogens with two attached hydrogens (primary N) is 1. The van der Waals surface area contributed by atoms with Crippen LogP contribution in [0.2, 0.25) is 0 Å². The molecule has 0 atom stereocenters. The lowest BCUT2D eigenvalue weighted by atomic mass is 10.1. The lowest BCUT2D eigenvalue weighted by Gasteiger charge is -2.09. The Kier molecular flexibility index (Phi) is 5.32. The molecule has 0 spiro atoms. The first-order chi connectivity index (χ1) is 9.83. The second kappa shape index (κ2) is 7.45. The van der Waals surface area contributed by atoms with Crippen LogP contribution in [-0.4, -0.2) is 30.2 Å². The largest absolute Gasteiger partial charge is 0.496 e. The zero-order chi connectivity index (χ0) is 14.2. The summed E-state index contributed by atoms with van der Waals surface area (Å²) in [7, 11) is 1.68. The van der Waals surface area contributed by atoms with Crippen LogP contribution in [0, 0.1) is 0 Å². The Balaban J connectivity index is 2.07. The van der Waals surface area contributed by atoms with E-state index in [1.165, 1.54) is 0 Å². The average molecular weight is 272 g/mol. The number of nitrogens with one attached hydrogen (secondary N) is 1. The summed E-state index contributed by atoms with van der Waals surface area (Å²) in [6.07, 6.45) is 3.39. The first-order valence-corrected chi connectivity index (χ1v) is 6.71. The highest BCUT2D eigenvalue weighted by Gasteiger charge is 2.05. The third kappa shape index (κ3) is 3.93. The van der Waals surface area contributed by atoms with Gasteiger partial charge >= 0.3 is 0 Å². The summed E-state index contributed by atoms with van der Waals surface area (Å²) in [6, 6.07) is 9.88. The smallest absolute Gasteiger partial charge is 0.222 e. The van der Waals surface area contributed by atoms with Crippen molar-refractivity contribution in [2.45, 2.75) is 12.8 Å². The number of rotatable bonds is 7. The van der Waals surface area contributed by atoms with E-state index in [0.29, 0.717) is 12.5 Å². The number of methoxy groups -OCH3 is 1. The Morgan fingerprint density at radius 1 is 1.25 bits per heavy atom. The minimum absolute atomic E-state index is 0.644. The fourth-order valence-electron chi connectivity index (χ4n) is 1.93. The maximum atomic E-state index is 5.46. The fraction of sp³-hybridized carbons (Fsp3) is 0.333. The van der Waals surface area contributed by atoms with E-state index >= 15 is 0 Å². The first-order valence-electron chi connectivity index (χ1n) is 6.71. The molecule has 0 saturated carbocycles. The number of benzene rings is 1. The molecule has 0 aliphatic carbocycles. The highest BCUT2D eigenvalue weighted by molar-refractivity contribution is 5.37. The lowest BCUT2D eigenvalue weighted by molar-refractivity contribution is 0.410. The molecule has 0 unspecified atom stereocenters. The summed E-state index contributed by atoms with van der Waals surface area (Å²) in [5.74, 6) is 1.52. The van der Waals surface area contributed by atoms with Gasteiger partial charge < -0.3 is 15.8 Å². The number of hydrogen-bond acceptors (Lipinski definition) is 5. The van der Waals surface area contributed by atoms with Crippen molar-refractivity contribution < 1.29 is 4.74 Å². The van der Waals surface area contributed by atoms with Gasteiger partial charge in [0.15, 0.2) is 0 Å². The van der Waals surface area contributed by atoms with Crippen LogP contribution in [0.1, 0.15) is 17.7 Å². The molecule has 0 radical (unpaired) electrons. The summed E-state index contributed by atoms with van der Waals surface area (Å²) >= 11 is 0. The highest BCUT2D eigenvalue weighted by Crippen LogP contribution is 2.20. The number of para-hydroxylation sites is 1. The molecule has 106 valence electrons. The Morgan fingerprint density at radius 3 is 2.90 bits per heavy atom. The molecule has 0 amide bonds. The Labute approximate surface area is 119 Å². The molecule has 3 N–H and O–H groups in total. The van der Waals surface area contributed by atoms with Gasteiger partial charge in [-0.3, -0.25) is 0 Å². The van der Waals surface area contributed by atoms with Crippen molar-refractivity contribution in [2.75, 3.05) is 25.5 Å². The number of aromatic nitrogens is 2. The number of nitrogens with zero attached hydrogens (tertiary/aromatic N) is 2. The molecule has 20 heavy (non-hydrogen) atoms. The Hall–Kier alpha value is -2.14. The first kappa shape index (κ1) is 14.3. The van der Waals surface area contributed by atoms with Crippen molar-refractivity contribution >= 4 is 5.95 Å². The molecule has 0 aliphatic rings. The number of ether oxygens (including phenoxy) is 1. The predicted octanol–water partition coefficient (Wildman–Crippen LogP) is 1.84. The average Bonchev–Trinajstić information content (AvgIpc) is 2.48. The SMILES string of the molecule is COc1ccccc1Cc1ccnc(NCCCN)n1. The predicted molar refractivity (Wildman–Crippen MR) is 80.0 cm³/mol. The zero-order valence-corrected chi connectivity index (χ0v) is 11.7. The molecule has 0 fully saturated rings. The molecule has 5 nitrogen and oxygen atoms in total. The maximum Gasteiger partial charge on any atom is 0.222 e. The molecule has 1 aromatic heterocycles. The van der Waals surface area contributed by atoms with Crippen molar-refractivity contribution in [3.8, 4) is 5.75 Å². The van der Waals surface area contributed by atoms with Crippen LogP contribution >= 0.6 is 0 Å². The number of hydrogen-bond donors (Lipinski definition) is 2. The van der Waals surface area contributed by atoms with E-state index in [1.807, 2.05) is 30.3 Å². The van der Waals surface area contributed by atoms with Gasteiger partial charge in [0, 0.05) is 24.7 Å². The second-order valence-electron chi connectivity index (χ2n) is 4.43. The topological polar surface area (TPSA) is 73.1 Å². The third-order valence-electron chi connectivity index (χ3n) is 2.94. The van der Waals surface area contributed by atoms with Gasteiger partial charge in [0.2, 0.25) is 5.95 Å². The van der Waals surface area contributed by atoms with Gasteiger partial charge in [-0.05, 0) is 25.1 Å². The number of anilines is 1. The van der Waals surface area contributed by atoms with E-state index in [2.05, 4.69) is 15.3 Å². The molecule has 2 rings (SSSR count). The molecule has 1 heterocycles. The summed E-state index contributed by atoms with van der Waals surface area (Å²) in [5.41, 5.74) is 7.53. The molecule has 2 aromatic rings. The lowest BCUT2D eigenvalue weighted by Crippen LogP contribution is -2.11. The van der Waals surface area contributed by atoms with Crippen LogP contribution in [0.25, 0.3) is 0 Å².